The van der Waals surface area contributed by atoms with Gasteiger partial charge in [0.2, 0.25) is 5.88 Å². The number of carboxylic acid groups (broad SMARTS) is 1. The summed E-state index contributed by atoms with van der Waals surface area (Å²) in [5.74, 6) is -0.249. The zero-order valence-electron chi connectivity index (χ0n) is 14.6. The number of nitrogens with zero attached hydrogens (tertiary/aromatic N) is 2. The molecular weight excluding hydrogens is 330 g/mol. The van der Waals surface area contributed by atoms with Crippen molar-refractivity contribution in [2.75, 3.05) is 12.4 Å². The minimum absolute atomic E-state index is 0.0200. The van der Waals surface area contributed by atoms with Gasteiger partial charge in [-0.3, -0.25) is 0 Å². The fraction of sp³-hybridized carbons (Fsp3) is 0.150. The van der Waals surface area contributed by atoms with E-state index >= 15 is 0 Å². The Labute approximate surface area is 151 Å². The number of carbonyl (C=O) groups is 1. The average Bonchev–Trinajstić information content (AvgIpc) is 2.66. The molecule has 6 nitrogen and oxygen atoms in total. The molecule has 2 aromatic heterocycles. The third-order valence-electron chi connectivity index (χ3n) is 3.93. The van der Waals surface area contributed by atoms with Gasteiger partial charge in [0.15, 0.2) is 0 Å². The Morgan fingerprint density at radius 1 is 1.12 bits per heavy atom. The van der Waals surface area contributed by atoms with Crippen molar-refractivity contribution in [3.8, 4) is 17.0 Å². The van der Waals surface area contributed by atoms with Crippen LogP contribution >= 0.6 is 0 Å². The first-order valence-electron chi connectivity index (χ1n) is 8.10. The summed E-state index contributed by atoms with van der Waals surface area (Å²) < 4.78 is 4.98. The van der Waals surface area contributed by atoms with Gasteiger partial charge in [0.25, 0.3) is 0 Å². The van der Waals surface area contributed by atoms with E-state index in [9.17, 15) is 9.90 Å². The average molecular weight is 349 g/mol. The fourth-order valence-electron chi connectivity index (χ4n) is 2.61. The van der Waals surface area contributed by atoms with Gasteiger partial charge in [0, 0.05) is 30.1 Å². The van der Waals surface area contributed by atoms with Crippen molar-refractivity contribution < 1.29 is 14.6 Å². The quantitative estimate of drug-likeness (QED) is 0.705. The molecule has 0 unspecified atom stereocenters. The van der Waals surface area contributed by atoms with Crippen LogP contribution in [0.25, 0.3) is 11.1 Å². The highest BCUT2D eigenvalue weighted by Crippen LogP contribution is 2.24. The lowest BCUT2D eigenvalue weighted by Gasteiger charge is -2.09. The largest absolute Gasteiger partial charge is 0.480 e. The van der Waals surface area contributed by atoms with Crippen LogP contribution in [0.15, 0.2) is 54.9 Å². The number of rotatable bonds is 6. The lowest BCUT2D eigenvalue weighted by molar-refractivity contribution is 0.0692. The number of aryl methyl sites for hydroxylation is 1. The molecule has 0 amide bonds. The standard InChI is InChI=1S/C20H19N3O3/c1-13-4-3-5-14(8-13)10-21-18-7-6-15(11-22-18)16-9-17(20(24)25)19(26-2)23-12-16/h3-9,11-12H,10H2,1-2H3,(H,21,22)(H,24,25). The molecule has 1 aromatic carbocycles. The molecule has 132 valence electrons. The number of hydrogen-bond acceptors (Lipinski definition) is 5. The molecule has 3 rings (SSSR count). The predicted molar refractivity (Wildman–Crippen MR) is 99.5 cm³/mol. The molecule has 0 radical (unpaired) electrons. The Bertz CT molecular complexity index is 924. The maximum Gasteiger partial charge on any atom is 0.341 e. The topological polar surface area (TPSA) is 84.3 Å². The maximum absolute atomic E-state index is 11.3. The first-order valence-corrected chi connectivity index (χ1v) is 8.10. The Balaban J connectivity index is 1.75. The predicted octanol–water partition coefficient (Wildman–Crippen LogP) is 3.77. The summed E-state index contributed by atoms with van der Waals surface area (Å²) in [6.45, 7) is 2.74. The summed E-state index contributed by atoms with van der Waals surface area (Å²) in [5, 5.41) is 12.5. The molecule has 26 heavy (non-hydrogen) atoms. The maximum atomic E-state index is 11.3. The summed E-state index contributed by atoms with van der Waals surface area (Å²) in [7, 11) is 1.39. The molecule has 3 aromatic rings. The second-order valence-corrected chi connectivity index (χ2v) is 5.86. The molecule has 2 heterocycles. The van der Waals surface area contributed by atoms with E-state index in [2.05, 4.69) is 40.4 Å². The van der Waals surface area contributed by atoms with E-state index in [0.717, 1.165) is 11.4 Å². The molecule has 6 heteroatoms. The van der Waals surface area contributed by atoms with Crippen molar-refractivity contribution in [2.45, 2.75) is 13.5 Å². The number of anilines is 1. The van der Waals surface area contributed by atoms with Gasteiger partial charge >= 0.3 is 5.97 Å². The van der Waals surface area contributed by atoms with Gasteiger partial charge in [-0.15, -0.1) is 0 Å². The lowest BCUT2D eigenvalue weighted by Crippen LogP contribution is -2.03. The van der Waals surface area contributed by atoms with Crippen LogP contribution < -0.4 is 10.1 Å². The minimum Gasteiger partial charge on any atom is -0.480 e. The Morgan fingerprint density at radius 2 is 1.92 bits per heavy atom. The third-order valence-corrected chi connectivity index (χ3v) is 3.93. The summed E-state index contributed by atoms with van der Waals surface area (Å²) in [5.41, 5.74) is 3.87. The van der Waals surface area contributed by atoms with Crippen LogP contribution in [-0.2, 0) is 6.54 Å². The van der Waals surface area contributed by atoms with Crippen LogP contribution in [0, 0.1) is 6.92 Å². The first-order chi connectivity index (χ1) is 12.6. The van der Waals surface area contributed by atoms with Crippen LogP contribution in [0.5, 0.6) is 5.88 Å². The van der Waals surface area contributed by atoms with Crippen molar-refractivity contribution in [2.24, 2.45) is 0 Å². The molecule has 0 bridgehead atoms. The van der Waals surface area contributed by atoms with Gasteiger partial charge in [-0.1, -0.05) is 29.8 Å². The third kappa shape index (κ3) is 3.97. The summed E-state index contributed by atoms with van der Waals surface area (Å²) in [6.07, 6.45) is 3.26. The zero-order chi connectivity index (χ0) is 18.5. The van der Waals surface area contributed by atoms with Gasteiger partial charge in [0.1, 0.15) is 11.4 Å². The lowest BCUT2D eigenvalue weighted by atomic mass is 10.1. The number of aromatic nitrogens is 2. The molecule has 0 atom stereocenters. The van der Waals surface area contributed by atoms with E-state index in [1.807, 2.05) is 18.2 Å². The van der Waals surface area contributed by atoms with Gasteiger partial charge < -0.3 is 15.2 Å². The number of ether oxygens (including phenoxy) is 1. The number of pyridine rings is 2. The number of methoxy groups -OCH3 is 1. The minimum atomic E-state index is -1.08. The van der Waals surface area contributed by atoms with Crippen LogP contribution in [-0.4, -0.2) is 28.2 Å². The smallest absolute Gasteiger partial charge is 0.341 e. The molecule has 0 aliphatic rings. The first kappa shape index (κ1) is 17.4. The second kappa shape index (κ2) is 7.65. The zero-order valence-corrected chi connectivity index (χ0v) is 14.6. The molecule has 0 saturated carbocycles. The highest BCUT2D eigenvalue weighted by molar-refractivity contribution is 5.91. The Kier molecular flexibility index (Phi) is 5.12. The van der Waals surface area contributed by atoms with E-state index < -0.39 is 5.97 Å². The fourth-order valence-corrected chi connectivity index (χ4v) is 2.61. The van der Waals surface area contributed by atoms with E-state index in [-0.39, 0.29) is 11.4 Å². The van der Waals surface area contributed by atoms with Crippen LogP contribution in [0.2, 0.25) is 0 Å². The SMILES string of the molecule is COc1ncc(-c2ccc(NCc3cccc(C)c3)nc2)cc1C(=O)O. The van der Waals surface area contributed by atoms with Crippen LogP contribution in [0.3, 0.4) is 0 Å². The van der Waals surface area contributed by atoms with Crippen molar-refractivity contribution in [3.05, 3.63) is 71.5 Å². The monoisotopic (exact) mass is 349 g/mol. The molecule has 0 saturated heterocycles. The van der Waals surface area contributed by atoms with E-state index in [0.29, 0.717) is 12.1 Å². The second-order valence-electron chi connectivity index (χ2n) is 5.86. The van der Waals surface area contributed by atoms with E-state index in [1.165, 1.54) is 24.3 Å². The van der Waals surface area contributed by atoms with Crippen LogP contribution in [0.1, 0.15) is 21.5 Å². The highest BCUT2D eigenvalue weighted by atomic mass is 16.5. The number of nitrogens with one attached hydrogen (secondary N) is 1. The van der Waals surface area contributed by atoms with E-state index in [4.69, 9.17) is 4.74 Å². The highest BCUT2D eigenvalue weighted by Gasteiger charge is 2.14. The number of carboxylic acids is 1. The normalized spacial score (nSPS) is 10.4. The van der Waals surface area contributed by atoms with Crippen molar-refractivity contribution >= 4 is 11.8 Å². The molecule has 0 spiro atoms. The van der Waals surface area contributed by atoms with Crippen molar-refractivity contribution in [3.63, 3.8) is 0 Å². The molecule has 0 aliphatic carbocycles. The van der Waals surface area contributed by atoms with Gasteiger partial charge in [0.05, 0.1) is 7.11 Å². The Morgan fingerprint density at radius 3 is 2.58 bits per heavy atom. The van der Waals surface area contributed by atoms with Gasteiger partial charge in [-0.05, 0) is 30.7 Å². The summed E-state index contributed by atoms with van der Waals surface area (Å²) >= 11 is 0. The molecule has 2 N–H and O–H groups in total. The Hall–Kier alpha value is -3.41. The van der Waals surface area contributed by atoms with Crippen LogP contribution in [0.4, 0.5) is 5.82 Å². The molecular formula is C20H19N3O3. The van der Waals surface area contributed by atoms with E-state index in [1.54, 1.807) is 12.4 Å². The number of hydrogen-bond donors (Lipinski definition) is 2. The molecule has 0 fully saturated rings. The van der Waals surface area contributed by atoms with Gasteiger partial charge in [-0.25, -0.2) is 14.8 Å². The van der Waals surface area contributed by atoms with Crippen molar-refractivity contribution in [1.82, 2.24) is 9.97 Å². The number of aromatic carboxylic acids is 1. The molecule has 0 aliphatic heterocycles. The summed E-state index contributed by atoms with van der Waals surface area (Å²) in [4.78, 5) is 19.8. The van der Waals surface area contributed by atoms with Crippen molar-refractivity contribution in [1.29, 1.82) is 0 Å². The number of benzene rings is 1. The summed E-state index contributed by atoms with van der Waals surface area (Å²) in [6, 6.07) is 13.5. The van der Waals surface area contributed by atoms with Gasteiger partial charge in [-0.2, -0.15) is 0 Å².